The topological polar surface area (TPSA) is 82.5 Å². The minimum Gasteiger partial charge on any atom is -0.491 e. The Hall–Kier alpha value is -1.05. The van der Waals surface area contributed by atoms with Crippen LogP contribution < -0.4 is 10.5 Å². The summed E-state index contributed by atoms with van der Waals surface area (Å²) in [7, 11) is 0. The fourth-order valence-electron chi connectivity index (χ4n) is 2.77. The first kappa shape index (κ1) is 20.0. The van der Waals surface area contributed by atoms with Gasteiger partial charge in [-0.3, -0.25) is 4.68 Å². The van der Waals surface area contributed by atoms with E-state index in [0.29, 0.717) is 19.8 Å². The molecule has 0 saturated carbocycles. The number of hydrogen-bond donors (Lipinski definition) is 2. The number of fused-ring (bicyclic) bond motifs is 3. The maximum atomic E-state index is 8.88. The van der Waals surface area contributed by atoms with Crippen molar-refractivity contribution < 1.29 is 14.6 Å². The molecule has 3 rings (SSSR count). The Balaban J connectivity index is 0.00000132. The molecular formula is C15H23Cl2N3O3. The second kappa shape index (κ2) is 8.70. The molecule has 1 aromatic heterocycles. The summed E-state index contributed by atoms with van der Waals surface area (Å²) in [5.74, 6) is 0.887. The number of aliphatic hydroxyl groups excluding tert-OH is 1. The molecule has 0 bridgehead atoms. The first-order valence-electron chi connectivity index (χ1n) is 7.27. The first-order valence-corrected chi connectivity index (χ1v) is 7.27. The van der Waals surface area contributed by atoms with Gasteiger partial charge < -0.3 is 20.3 Å². The van der Waals surface area contributed by atoms with Crippen molar-refractivity contribution in [1.82, 2.24) is 9.78 Å². The van der Waals surface area contributed by atoms with Gasteiger partial charge in [0.25, 0.3) is 0 Å². The highest BCUT2D eigenvalue weighted by molar-refractivity contribution is 5.86. The van der Waals surface area contributed by atoms with Crippen LogP contribution in [0.1, 0.15) is 12.5 Å². The fraction of sp³-hybridized carbons (Fsp3) is 0.533. The number of halogens is 2. The lowest BCUT2D eigenvalue weighted by atomic mass is 10.0. The molecule has 0 spiro atoms. The molecule has 1 aliphatic heterocycles. The molecule has 6 nitrogen and oxygen atoms in total. The van der Waals surface area contributed by atoms with Crippen LogP contribution in [0.4, 0.5) is 0 Å². The highest BCUT2D eigenvalue weighted by Gasteiger charge is 2.24. The molecule has 0 unspecified atom stereocenters. The summed E-state index contributed by atoms with van der Waals surface area (Å²) in [6, 6.07) is 4.04. The third-order valence-corrected chi connectivity index (χ3v) is 3.63. The van der Waals surface area contributed by atoms with Crippen molar-refractivity contribution in [2.75, 3.05) is 19.8 Å². The Morgan fingerprint density at radius 1 is 1.48 bits per heavy atom. The van der Waals surface area contributed by atoms with Crippen molar-refractivity contribution in [3.05, 3.63) is 23.9 Å². The summed E-state index contributed by atoms with van der Waals surface area (Å²) >= 11 is 0. The Morgan fingerprint density at radius 3 is 2.96 bits per heavy atom. The van der Waals surface area contributed by atoms with E-state index in [1.807, 2.05) is 29.9 Å². The van der Waals surface area contributed by atoms with Crippen LogP contribution in [0.25, 0.3) is 10.9 Å². The molecule has 0 radical (unpaired) electrons. The lowest BCUT2D eigenvalue weighted by Crippen LogP contribution is -2.30. The fourth-order valence-corrected chi connectivity index (χ4v) is 2.77. The predicted octanol–water partition coefficient (Wildman–Crippen LogP) is 1.54. The third-order valence-electron chi connectivity index (χ3n) is 3.63. The lowest BCUT2D eigenvalue weighted by Gasteiger charge is -2.26. The van der Waals surface area contributed by atoms with E-state index in [2.05, 4.69) is 5.10 Å². The highest BCUT2D eigenvalue weighted by Crippen LogP contribution is 2.32. The van der Waals surface area contributed by atoms with E-state index in [4.69, 9.17) is 20.3 Å². The monoisotopic (exact) mass is 363 g/mol. The van der Waals surface area contributed by atoms with Crippen LogP contribution in [0, 0.1) is 0 Å². The van der Waals surface area contributed by atoms with Crippen molar-refractivity contribution in [3.8, 4) is 5.75 Å². The van der Waals surface area contributed by atoms with Crippen LogP contribution in [0.5, 0.6) is 5.75 Å². The molecule has 0 saturated heterocycles. The normalized spacial score (nSPS) is 17.6. The van der Waals surface area contributed by atoms with Crippen molar-refractivity contribution in [3.63, 3.8) is 0 Å². The van der Waals surface area contributed by atoms with Gasteiger partial charge in [-0.1, -0.05) is 0 Å². The molecule has 130 valence electrons. The number of nitrogens with two attached hydrogens (primary N) is 1. The number of benzene rings is 1. The minimum absolute atomic E-state index is 0. The van der Waals surface area contributed by atoms with Crippen molar-refractivity contribution >= 4 is 35.7 Å². The average molecular weight is 364 g/mol. The maximum absolute atomic E-state index is 8.88. The van der Waals surface area contributed by atoms with Crippen LogP contribution in [0.2, 0.25) is 0 Å². The summed E-state index contributed by atoms with van der Waals surface area (Å²) < 4.78 is 13.3. The number of hydrogen-bond acceptors (Lipinski definition) is 5. The molecule has 2 atom stereocenters. The summed E-state index contributed by atoms with van der Waals surface area (Å²) in [4.78, 5) is 0. The van der Waals surface area contributed by atoms with Gasteiger partial charge in [0.05, 0.1) is 37.6 Å². The number of ether oxygens (including phenoxy) is 2. The Kier molecular flexibility index (Phi) is 7.57. The molecule has 2 aromatic rings. The molecule has 1 aliphatic rings. The lowest BCUT2D eigenvalue weighted by molar-refractivity contribution is -0.00441. The molecule has 23 heavy (non-hydrogen) atoms. The standard InChI is InChI=1S/C15H21N3O3.2ClH/c1-10(16)8-18-15-11(7-17-18)2-3-14-13(15)6-12(9-21-14)20-5-4-19;;/h2-3,7,10,12,19H,4-6,8-9,16H2,1H3;2*1H/t10-,12+;;/m0../s1. The number of rotatable bonds is 5. The molecule has 2 heterocycles. The van der Waals surface area contributed by atoms with Gasteiger partial charge in [-0.05, 0) is 19.1 Å². The second-order valence-electron chi connectivity index (χ2n) is 5.52. The van der Waals surface area contributed by atoms with Gasteiger partial charge >= 0.3 is 0 Å². The van der Waals surface area contributed by atoms with E-state index < -0.39 is 0 Å². The van der Waals surface area contributed by atoms with E-state index in [0.717, 1.165) is 28.6 Å². The highest BCUT2D eigenvalue weighted by atomic mass is 35.5. The number of aliphatic hydroxyl groups is 1. The summed E-state index contributed by atoms with van der Waals surface area (Å²) in [5.41, 5.74) is 8.08. The number of nitrogens with zero attached hydrogens (tertiary/aromatic N) is 2. The molecule has 3 N–H and O–H groups in total. The summed E-state index contributed by atoms with van der Waals surface area (Å²) in [5, 5.41) is 14.4. The molecule has 8 heteroatoms. The SMILES string of the molecule is C[C@H](N)Cn1ncc2ccc3c(c21)C[C@@H](OCCO)CO3.Cl.Cl. The Morgan fingerprint density at radius 2 is 2.26 bits per heavy atom. The zero-order chi connectivity index (χ0) is 14.8. The van der Waals surface area contributed by atoms with E-state index >= 15 is 0 Å². The molecular weight excluding hydrogens is 341 g/mol. The second-order valence-corrected chi connectivity index (χ2v) is 5.52. The van der Waals surface area contributed by atoms with E-state index in [-0.39, 0.29) is 43.6 Å². The molecule has 0 fully saturated rings. The van der Waals surface area contributed by atoms with Crippen LogP contribution in [-0.2, 0) is 17.7 Å². The van der Waals surface area contributed by atoms with Gasteiger partial charge in [-0.15, -0.1) is 24.8 Å². The van der Waals surface area contributed by atoms with E-state index in [9.17, 15) is 0 Å². The van der Waals surface area contributed by atoms with Crippen molar-refractivity contribution in [1.29, 1.82) is 0 Å². The predicted molar refractivity (Wildman–Crippen MR) is 93.9 cm³/mol. The minimum atomic E-state index is -0.0334. The maximum Gasteiger partial charge on any atom is 0.124 e. The molecule has 0 aliphatic carbocycles. The summed E-state index contributed by atoms with van der Waals surface area (Å²) in [6.45, 7) is 3.50. The van der Waals surface area contributed by atoms with Gasteiger partial charge in [0, 0.05) is 23.4 Å². The Labute approximate surface area is 147 Å². The van der Waals surface area contributed by atoms with Crippen LogP contribution >= 0.6 is 24.8 Å². The van der Waals surface area contributed by atoms with Crippen LogP contribution in [0.15, 0.2) is 18.3 Å². The van der Waals surface area contributed by atoms with E-state index in [1.165, 1.54) is 0 Å². The number of aromatic nitrogens is 2. The van der Waals surface area contributed by atoms with Gasteiger partial charge in [-0.2, -0.15) is 5.10 Å². The van der Waals surface area contributed by atoms with Crippen LogP contribution in [0.3, 0.4) is 0 Å². The Bertz CT molecular complexity index is 634. The van der Waals surface area contributed by atoms with Gasteiger partial charge in [0.2, 0.25) is 0 Å². The van der Waals surface area contributed by atoms with Crippen molar-refractivity contribution in [2.24, 2.45) is 5.73 Å². The first-order chi connectivity index (χ1) is 10.2. The zero-order valence-corrected chi connectivity index (χ0v) is 14.6. The molecule has 1 aromatic carbocycles. The quantitative estimate of drug-likeness (QED) is 0.841. The van der Waals surface area contributed by atoms with Crippen molar-refractivity contribution in [2.45, 2.75) is 32.0 Å². The van der Waals surface area contributed by atoms with Crippen LogP contribution in [-0.4, -0.2) is 46.9 Å². The third kappa shape index (κ3) is 4.28. The van der Waals surface area contributed by atoms with Gasteiger partial charge in [0.1, 0.15) is 12.4 Å². The van der Waals surface area contributed by atoms with E-state index in [1.54, 1.807) is 0 Å². The zero-order valence-electron chi connectivity index (χ0n) is 13.0. The summed E-state index contributed by atoms with van der Waals surface area (Å²) in [6.07, 6.45) is 2.59. The largest absolute Gasteiger partial charge is 0.491 e. The molecule has 0 amide bonds. The average Bonchev–Trinajstić information content (AvgIpc) is 2.87. The van der Waals surface area contributed by atoms with Gasteiger partial charge in [-0.25, -0.2) is 0 Å². The smallest absolute Gasteiger partial charge is 0.124 e. The van der Waals surface area contributed by atoms with Gasteiger partial charge in [0.15, 0.2) is 0 Å².